The number of nitrogens with one attached hydrogen (secondary N) is 2. The molecule has 36 heavy (non-hydrogen) atoms. The van der Waals surface area contributed by atoms with Crippen LogP contribution < -0.4 is 10.6 Å². The second-order valence-corrected chi connectivity index (χ2v) is 8.52. The summed E-state index contributed by atoms with van der Waals surface area (Å²) in [7, 11) is 0. The van der Waals surface area contributed by atoms with Crippen molar-refractivity contribution in [1.29, 1.82) is 0 Å². The molecule has 0 saturated heterocycles. The first-order valence-corrected chi connectivity index (χ1v) is 10.8. The van der Waals surface area contributed by atoms with Crippen LogP contribution >= 0.6 is 0 Å². The summed E-state index contributed by atoms with van der Waals surface area (Å²) in [4.78, 5) is 20.8. The van der Waals surface area contributed by atoms with E-state index >= 15 is 0 Å². The minimum absolute atomic E-state index is 0.0962. The molecule has 0 unspecified atom stereocenters. The van der Waals surface area contributed by atoms with Crippen LogP contribution in [0.25, 0.3) is 11.1 Å². The number of amides is 1. The molecule has 0 aliphatic heterocycles. The third-order valence-corrected chi connectivity index (χ3v) is 5.52. The van der Waals surface area contributed by atoms with Crippen LogP contribution in [0.5, 0.6) is 0 Å². The number of carbonyl (C=O) groups excluding carboxylic acids is 1. The van der Waals surface area contributed by atoms with Crippen LogP contribution in [-0.4, -0.2) is 27.2 Å². The highest BCUT2D eigenvalue weighted by Gasteiger charge is 2.51. The number of para-hydroxylation sites is 1. The van der Waals surface area contributed by atoms with E-state index in [4.69, 9.17) is 4.52 Å². The number of alkyl halides is 3. The van der Waals surface area contributed by atoms with Crippen LogP contribution in [0.4, 0.5) is 35.0 Å². The lowest BCUT2D eigenvalue weighted by Gasteiger charge is -2.24. The molecule has 0 atom stereocenters. The molecule has 0 aliphatic carbocycles. The second-order valence-electron chi connectivity index (χ2n) is 8.52. The molecule has 11 heteroatoms. The zero-order valence-electron chi connectivity index (χ0n) is 19.2. The number of nitrogens with zero attached hydrogens (tertiary/aromatic N) is 3. The largest absolute Gasteiger partial charge is 0.401 e. The summed E-state index contributed by atoms with van der Waals surface area (Å²) in [5.41, 5.74) is -0.280. The van der Waals surface area contributed by atoms with E-state index < -0.39 is 29.1 Å². The van der Waals surface area contributed by atoms with Gasteiger partial charge in [0, 0.05) is 29.7 Å². The standard InChI is InChI=1S/C25H21F4N5O2/c1-24(2,25(27,28)29)20-12-21(34-36-20)33-22(35)11-16-9-8-15(10-19(16)26)17-13-30-23(31-14-17)32-18-6-4-3-5-7-18/h3-10,12-14H,11H2,1-2H3,(H,30,31,32)(H,33,34,35). The summed E-state index contributed by atoms with van der Waals surface area (Å²) >= 11 is 0. The van der Waals surface area contributed by atoms with Crippen molar-refractivity contribution in [2.75, 3.05) is 10.6 Å². The number of anilines is 3. The quantitative estimate of drug-likeness (QED) is 0.302. The zero-order valence-corrected chi connectivity index (χ0v) is 19.2. The van der Waals surface area contributed by atoms with Crippen molar-refractivity contribution >= 4 is 23.4 Å². The molecular weight excluding hydrogens is 478 g/mol. The number of hydrogen-bond donors (Lipinski definition) is 2. The van der Waals surface area contributed by atoms with Crippen molar-refractivity contribution < 1.29 is 26.9 Å². The van der Waals surface area contributed by atoms with Gasteiger partial charge in [0.05, 0.1) is 6.42 Å². The van der Waals surface area contributed by atoms with Crippen molar-refractivity contribution in [2.45, 2.75) is 31.9 Å². The van der Waals surface area contributed by atoms with Gasteiger partial charge in [-0.15, -0.1) is 0 Å². The van der Waals surface area contributed by atoms with Gasteiger partial charge >= 0.3 is 6.18 Å². The Morgan fingerprint density at radius 1 is 0.972 bits per heavy atom. The minimum Gasteiger partial charge on any atom is -0.358 e. The van der Waals surface area contributed by atoms with E-state index in [9.17, 15) is 22.4 Å². The Balaban J connectivity index is 1.40. The van der Waals surface area contributed by atoms with Crippen molar-refractivity contribution in [3.63, 3.8) is 0 Å². The van der Waals surface area contributed by atoms with Gasteiger partial charge in [0.2, 0.25) is 11.9 Å². The van der Waals surface area contributed by atoms with E-state index in [0.717, 1.165) is 25.6 Å². The van der Waals surface area contributed by atoms with Crippen molar-refractivity contribution in [1.82, 2.24) is 15.1 Å². The first-order chi connectivity index (χ1) is 17.0. The Kier molecular flexibility index (Phi) is 6.73. The van der Waals surface area contributed by atoms with Gasteiger partial charge in [-0.2, -0.15) is 13.2 Å². The fourth-order valence-corrected chi connectivity index (χ4v) is 3.19. The van der Waals surface area contributed by atoms with Gasteiger partial charge in [-0.1, -0.05) is 35.5 Å². The number of hydrogen-bond acceptors (Lipinski definition) is 6. The van der Waals surface area contributed by atoms with Gasteiger partial charge in [-0.05, 0) is 43.2 Å². The number of benzene rings is 2. The van der Waals surface area contributed by atoms with Crippen LogP contribution in [0.15, 0.2) is 71.5 Å². The van der Waals surface area contributed by atoms with Crippen LogP contribution in [0, 0.1) is 5.82 Å². The average Bonchev–Trinajstić information content (AvgIpc) is 3.30. The van der Waals surface area contributed by atoms with E-state index in [1.807, 2.05) is 30.3 Å². The molecule has 7 nitrogen and oxygen atoms in total. The molecule has 2 N–H and O–H groups in total. The number of halogens is 4. The van der Waals surface area contributed by atoms with Crippen molar-refractivity contribution in [3.05, 3.63) is 84.1 Å². The van der Waals surface area contributed by atoms with Gasteiger partial charge in [-0.3, -0.25) is 4.79 Å². The zero-order chi connectivity index (χ0) is 25.9. The smallest absolute Gasteiger partial charge is 0.358 e. The van der Waals surface area contributed by atoms with Gasteiger partial charge in [0.25, 0.3) is 0 Å². The fourth-order valence-electron chi connectivity index (χ4n) is 3.19. The number of rotatable bonds is 7. The molecule has 0 spiro atoms. The molecule has 2 aromatic heterocycles. The first-order valence-electron chi connectivity index (χ1n) is 10.8. The topological polar surface area (TPSA) is 92.9 Å². The van der Waals surface area contributed by atoms with Crippen LogP contribution in [0.3, 0.4) is 0 Å². The maximum atomic E-state index is 14.7. The molecule has 4 aromatic rings. The average molecular weight is 499 g/mol. The maximum Gasteiger partial charge on any atom is 0.401 e. The maximum absolute atomic E-state index is 14.7. The van der Waals surface area contributed by atoms with Crippen molar-refractivity contribution in [2.24, 2.45) is 0 Å². The number of aromatic nitrogens is 3. The third kappa shape index (κ3) is 5.51. The Morgan fingerprint density at radius 2 is 1.67 bits per heavy atom. The van der Waals surface area contributed by atoms with Crippen LogP contribution in [-0.2, 0) is 16.6 Å². The minimum atomic E-state index is -4.57. The molecule has 0 fully saturated rings. The summed E-state index contributed by atoms with van der Waals surface area (Å²) < 4.78 is 58.9. The Hall–Kier alpha value is -4.28. The highest BCUT2D eigenvalue weighted by atomic mass is 19.4. The predicted molar refractivity (Wildman–Crippen MR) is 125 cm³/mol. The summed E-state index contributed by atoms with van der Waals surface area (Å²) in [6, 6.07) is 14.7. The third-order valence-electron chi connectivity index (χ3n) is 5.52. The summed E-state index contributed by atoms with van der Waals surface area (Å²) in [5, 5.41) is 8.85. The van der Waals surface area contributed by atoms with Crippen LogP contribution in [0.1, 0.15) is 25.2 Å². The molecule has 0 bridgehead atoms. The molecule has 0 saturated carbocycles. The lowest BCUT2D eigenvalue weighted by atomic mass is 9.89. The highest BCUT2D eigenvalue weighted by molar-refractivity contribution is 5.91. The van der Waals surface area contributed by atoms with E-state index in [2.05, 4.69) is 25.8 Å². The Morgan fingerprint density at radius 3 is 2.31 bits per heavy atom. The summed E-state index contributed by atoms with van der Waals surface area (Å²) in [6.07, 6.45) is -1.83. The lowest BCUT2D eigenvalue weighted by Crippen LogP contribution is -2.35. The monoisotopic (exact) mass is 499 g/mol. The molecule has 0 aliphatic rings. The summed E-state index contributed by atoms with van der Waals surface area (Å²) in [5.74, 6) is -1.55. The lowest BCUT2D eigenvalue weighted by molar-refractivity contribution is -0.185. The fraction of sp³-hybridized carbons (Fsp3) is 0.200. The van der Waals surface area contributed by atoms with Gasteiger partial charge in [0.15, 0.2) is 11.6 Å². The first kappa shape index (κ1) is 24.8. The Bertz CT molecular complexity index is 1350. The van der Waals surface area contributed by atoms with E-state index in [1.54, 1.807) is 18.5 Å². The SMILES string of the molecule is CC(C)(c1cc(NC(=O)Cc2ccc(-c3cnc(Nc4ccccc4)nc3)cc2F)no1)C(F)(F)F. The van der Waals surface area contributed by atoms with Crippen molar-refractivity contribution in [3.8, 4) is 11.1 Å². The van der Waals surface area contributed by atoms with Gasteiger partial charge < -0.3 is 15.2 Å². The molecular formula is C25H21F4N5O2. The van der Waals surface area contributed by atoms with E-state index in [0.29, 0.717) is 17.1 Å². The molecule has 186 valence electrons. The van der Waals surface area contributed by atoms with Gasteiger partial charge in [-0.25, -0.2) is 14.4 Å². The van der Waals surface area contributed by atoms with E-state index in [-0.39, 0.29) is 17.8 Å². The molecule has 2 heterocycles. The number of carbonyl (C=O) groups is 1. The normalized spacial score (nSPS) is 11.8. The molecule has 1 amide bonds. The molecule has 2 aromatic carbocycles. The predicted octanol–water partition coefficient (Wildman–Crippen LogP) is 6.04. The Labute approximate surface area is 203 Å². The molecule has 4 rings (SSSR count). The highest BCUT2D eigenvalue weighted by Crippen LogP contribution is 2.41. The van der Waals surface area contributed by atoms with Crippen LogP contribution in [0.2, 0.25) is 0 Å². The summed E-state index contributed by atoms with van der Waals surface area (Å²) in [6.45, 7) is 1.88. The molecule has 0 radical (unpaired) electrons. The second kappa shape index (κ2) is 9.76. The van der Waals surface area contributed by atoms with Gasteiger partial charge in [0.1, 0.15) is 11.2 Å². The van der Waals surface area contributed by atoms with E-state index in [1.165, 1.54) is 12.1 Å².